The second-order valence-electron chi connectivity index (χ2n) is 3.80. The van der Waals surface area contributed by atoms with Gasteiger partial charge in [-0.05, 0) is 19.8 Å². The molecule has 0 rings (SSSR count). The van der Waals surface area contributed by atoms with Crippen LogP contribution in [-0.4, -0.2) is 41.9 Å². The minimum atomic E-state index is -0.483. The Hall–Kier alpha value is -0.160. The van der Waals surface area contributed by atoms with Crippen LogP contribution in [0.4, 0.5) is 0 Å². The highest BCUT2D eigenvalue weighted by molar-refractivity contribution is 4.53. The first-order valence-electron chi connectivity index (χ1n) is 5.69. The summed E-state index contributed by atoms with van der Waals surface area (Å²) in [6.45, 7) is 6.19. The zero-order valence-electron chi connectivity index (χ0n) is 9.98. The molecule has 0 aliphatic heterocycles. The predicted octanol–water partition coefficient (Wildman–Crippen LogP) is 1.30. The molecule has 3 atom stereocenters. The average Bonchev–Trinajstić information content (AvgIpc) is 2.18. The quantitative estimate of drug-likeness (QED) is 0.575. The van der Waals surface area contributed by atoms with Crippen molar-refractivity contribution in [1.82, 2.24) is 0 Å². The Balaban J connectivity index is 3.60. The maximum Gasteiger partial charge on any atom is 0.157 e. The van der Waals surface area contributed by atoms with E-state index < -0.39 is 12.2 Å². The van der Waals surface area contributed by atoms with E-state index in [2.05, 4.69) is 0 Å². The van der Waals surface area contributed by atoms with Crippen LogP contribution in [0.15, 0.2) is 0 Å². The van der Waals surface area contributed by atoms with Gasteiger partial charge in [0.1, 0.15) is 0 Å². The lowest BCUT2D eigenvalue weighted by Crippen LogP contribution is -2.26. The van der Waals surface area contributed by atoms with Gasteiger partial charge in [0.05, 0.1) is 25.4 Å². The van der Waals surface area contributed by atoms with Crippen LogP contribution in [0.2, 0.25) is 0 Å². The zero-order chi connectivity index (χ0) is 11.7. The Bertz CT molecular complexity index is 139. The van der Waals surface area contributed by atoms with Crippen molar-refractivity contribution in [2.45, 2.75) is 58.5 Å². The highest BCUT2D eigenvalue weighted by Crippen LogP contribution is 2.04. The van der Waals surface area contributed by atoms with Crippen molar-refractivity contribution in [2.24, 2.45) is 0 Å². The van der Waals surface area contributed by atoms with Crippen LogP contribution >= 0.6 is 0 Å². The Morgan fingerprint density at radius 2 is 1.67 bits per heavy atom. The molecule has 0 fully saturated rings. The lowest BCUT2D eigenvalue weighted by molar-refractivity contribution is -0.170. The number of hydrogen-bond acceptors (Lipinski definition) is 4. The van der Waals surface area contributed by atoms with Gasteiger partial charge in [0.15, 0.2) is 6.29 Å². The third kappa shape index (κ3) is 8.81. The molecule has 15 heavy (non-hydrogen) atoms. The highest BCUT2D eigenvalue weighted by Gasteiger charge is 2.11. The molecule has 0 saturated heterocycles. The summed E-state index contributed by atoms with van der Waals surface area (Å²) in [6.07, 6.45) is 1.17. The average molecular weight is 220 g/mol. The monoisotopic (exact) mass is 220 g/mol. The molecule has 2 N–H and O–H groups in total. The molecule has 0 aromatic carbocycles. The highest BCUT2D eigenvalue weighted by atomic mass is 16.7. The fraction of sp³-hybridized carbons (Fsp3) is 1.00. The van der Waals surface area contributed by atoms with Crippen LogP contribution in [-0.2, 0) is 9.47 Å². The van der Waals surface area contributed by atoms with E-state index in [4.69, 9.17) is 14.6 Å². The predicted molar refractivity (Wildman–Crippen MR) is 58.6 cm³/mol. The molecule has 0 heterocycles. The van der Waals surface area contributed by atoms with Crippen LogP contribution in [0.1, 0.15) is 40.0 Å². The Labute approximate surface area is 92.2 Å². The fourth-order valence-electron chi connectivity index (χ4n) is 1.17. The SMILES string of the molecule is CCCC(O)COC(CC)OCC(C)O. The van der Waals surface area contributed by atoms with Gasteiger partial charge < -0.3 is 19.7 Å². The van der Waals surface area contributed by atoms with E-state index in [1.807, 2.05) is 13.8 Å². The molecule has 92 valence electrons. The van der Waals surface area contributed by atoms with E-state index in [1.165, 1.54) is 0 Å². The number of aliphatic hydroxyl groups excluding tert-OH is 2. The molecule has 0 aliphatic carbocycles. The van der Waals surface area contributed by atoms with Crippen molar-refractivity contribution < 1.29 is 19.7 Å². The van der Waals surface area contributed by atoms with Crippen LogP contribution in [0.5, 0.6) is 0 Å². The summed E-state index contributed by atoms with van der Waals surface area (Å²) in [5.74, 6) is 0. The Morgan fingerprint density at radius 1 is 1.07 bits per heavy atom. The summed E-state index contributed by atoms with van der Waals surface area (Å²) < 4.78 is 10.7. The van der Waals surface area contributed by atoms with Crippen LogP contribution < -0.4 is 0 Å². The van der Waals surface area contributed by atoms with Gasteiger partial charge in [-0.15, -0.1) is 0 Å². The third-order valence-corrected chi connectivity index (χ3v) is 1.95. The van der Waals surface area contributed by atoms with E-state index in [0.29, 0.717) is 13.0 Å². The third-order valence-electron chi connectivity index (χ3n) is 1.95. The summed E-state index contributed by atoms with van der Waals surface area (Å²) in [5.41, 5.74) is 0. The first-order chi connectivity index (χ1) is 7.10. The second kappa shape index (κ2) is 9.09. The number of ether oxygens (including phenoxy) is 2. The molecule has 4 heteroatoms. The molecule has 0 aromatic heterocycles. The van der Waals surface area contributed by atoms with Crippen molar-refractivity contribution in [1.29, 1.82) is 0 Å². The Morgan fingerprint density at radius 3 is 2.13 bits per heavy atom. The van der Waals surface area contributed by atoms with Crippen LogP contribution in [0, 0.1) is 0 Å². The van der Waals surface area contributed by atoms with Crippen molar-refractivity contribution in [3.8, 4) is 0 Å². The second-order valence-corrected chi connectivity index (χ2v) is 3.80. The van der Waals surface area contributed by atoms with Crippen molar-refractivity contribution in [2.75, 3.05) is 13.2 Å². The van der Waals surface area contributed by atoms with Gasteiger partial charge in [-0.2, -0.15) is 0 Å². The maximum atomic E-state index is 9.44. The molecule has 0 aliphatic rings. The van der Waals surface area contributed by atoms with Crippen molar-refractivity contribution in [3.05, 3.63) is 0 Å². The first-order valence-corrected chi connectivity index (χ1v) is 5.69. The minimum Gasteiger partial charge on any atom is -0.391 e. The van der Waals surface area contributed by atoms with Gasteiger partial charge in [0.25, 0.3) is 0 Å². The lowest BCUT2D eigenvalue weighted by Gasteiger charge is -2.19. The maximum absolute atomic E-state index is 9.44. The molecule has 0 bridgehead atoms. The molecule has 0 amide bonds. The van der Waals surface area contributed by atoms with Gasteiger partial charge in [0, 0.05) is 0 Å². The molecule has 4 nitrogen and oxygen atoms in total. The smallest absolute Gasteiger partial charge is 0.157 e. The molecule has 0 radical (unpaired) electrons. The van der Waals surface area contributed by atoms with E-state index in [1.54, 1.807) is 6.92 Å². The summed E-state index contributed by atoms with van der Waals surface area (Å²) in [4.78, 5) is 0. The summed E-state index contributed by atoms with van der Waals surface area (Å²) in [7, 11) is 0. The summed E-state index contributed by atoms with van der Waals surface area (Å²) in [5, 5.41) is 18.5. The number of rotatable bonds is 9. The molecule has 0 aromatic rings. The van der Waals surface area contributed by atoms with Crippen molar-refractivity contribution >= 4 is 0 Å². The van der Waals surface area contributed by atoms with Crippen molar-refractivity contribution in [3.63, 3.8) is 0 Å². The molecule has 3 unspecified atom stereocenters. The minimum absolute atomic E-state index is 0.266. The molecular formula is C11H24O4. The molecular weight excluding hydrogens is 196 g/mol. The largest absolute Gasteiger partial charge is 0.391 e. The van der Waals surface area contributed by atoms with Crippen LogP contribution in [0.3, 0.4) is 0 Å². The fourth-order valence-corrected chi connectivity index (χ4v) is 1.17. The molecule has 0 saturated carbocycles. The van der Waals surface area contributed by atoms with E-state index in [9.17, 15) is 5.11 Å². The lowest BCUT2D eigenvalue weighted by atomic mass is 10.2. The number of hydrogen-bond donors (Lipinski definition) is 2. The number of aliphatic hydroxyl groups is 2. The van der Waals surface area contributed by atoms with Gasteiger partial charge in [-0.25, -0.2) is 0 Å². The molecule has 0 spiro atoms. The Kier molecular flexibility index (Phi) is 9.00. The van der Waals surface area contributed by atoms with E-state index in [0.717, 1.165) is 12.8 Å². The summed E-state index contributed by atoms with van der Waals surface area (Å²) >= 11 is 0. The summed E-state index contributed by atoms with van der Waals surface area (Å²) in [6, 6.07) is 0. The van der Waals surface area contributed by atoms with Gasteiger partial charge in [0.2, 0.25) is 0 Å². The van der Waals surface area contributed by atoms with E-state index in [-0.39, 0.29) is 12.9 Å². The van der Waals surface area contributed by atoms with Gasteiger partial charge in [-0.3, -0.25) is 0 Å². The van der Waals surface area contributed by atoms with Gasteiger partial charge >= 0.3 is 0 Å². The normalized spacial score (nSPS) is 17.4. The van der Waals surface area contributed by atoms with Gasteiger partial charge in [-0.1, -0.05) is 20.3 Å². The standard InChI is InChI=1S/C11H24O4/c1-4-6-10(13)8-15-11(5-2)14-7-9(3)12/h9-13H,4-8H2,1-3H3. The van der Waals surface area contributed by atoms with E-state index >= 15 is 0 Å². The van der Waals surface area contributed by atoms with Crippen LogP contribution in [0.25, 0.3) is 0 Å². The zero-order valence-corrected chi connectivity index (χ0v) is 9.98. The topological polar surface area (TPSA) is 58.9 Å². The first kappa shape index (κ1) is 14.8.